The Morgan fingerprint density at radius 3 is 2.52 bits per heavy atom. The first-order valence-electron chi connectivity index (χ1n) is 8.23. The number of aromatic nitrogens is 1. The highest BCUT2D eigenvalue weighted by atomic mass is 32.1. The topological polar surface area (TPSA) is 51.7 Å². The van der Waals surface area contributed by atoms with Crippen molar-refractivity contribution < 1.29 is 27.4 Å². The Morgan fingerprint density at radius 1 is 1.17 bits per heavy atom. The van der Waals surface area contributed by atoms with Crippen LogP contribution in [0.15, 0.2) is 66.6 Å². The lowest BCUT2D eigenvalue weighted by Crippen LogP contribution is -2.24. The van der Waals surface area contributed by atoms with Crippen molar-refractivity contribution in [2.45, 2.75) is 6.36 Å². The Hall–Kier alpha value is -3.33. The van der Waals surface area contributed by atoms with Crippen LogP contribution in [0.4, 0.5) is 24.0 Å². The first-order chi connectivity index (χ1) is 13.8. The molecule has 29 heavy (non-hydrogen) atoms. The zero-order valence-electron chi connectivity index (χ0n) is 15.1. The van der Waals surface area contributed by atoms with Crippen molar-refractivity contribution >= 4 is 28.1 Å². The molecule has 3 rings (SSSR count). The second kappa shape index (κ2) is 8.36. The molecule has 1 aromatic heterocycles. The summed E-state index contributed by atoms with van der Waals surface area (Å²) >= 11 is 1.17. The number of carbonyl (C=O) groups excluding carboxylic acids is 1. The molecular formula is C20H15F3N2O3S. The maximum absolute atomic E-state index is 12.5. The van der Waals surface area contributed by atoms with E-state index in [1.165, 1.54) is 28.4 Å². The number of methoxy groups -OCH3 is 1. The molecular weight excluding hydrogens is 405 g/mol. The average molecular weight is 420 g/mol. The van der Waals surface area contributed by atoms with E-state index in [-0.39, 0.29) is 10.8 Å². The predicted octanol–water partition coefficient (Wildman–Crippen LogP) is 5.57. The van der Waals surface area contributed by atoms with Gasteiger partial charge in [-0.2, -0.15) is 0 Å². The smallest absolute Gasteiger partial charge is 0.497 e. The fourth-order valence-electron chi connectivity index (χ4n) is 2.50. The standard InChI is InChI=1S/C20H15F3N2O3S/c1-3-18(26)25(14-5-4-6-16(11-14)28-20(21,22)23)19-24-17(12-29-19)13-7-9-15(27-2)10-8-13/h3-12H,1H2,2H3. The van der Waals surface area contributed by atoms with E-state index in [4.69, 9.17) is 4.74 Å². The number of anilines is 2. The molecule has 0 aliphatic carbocycles. The number of nitrogens with zero attached hydrogens (tertiary/aromatic N) is 2. The SMILES string of the molecule is C=CC(=O)N(c1cccc(OC(F)(F)F)c1)c1nc(-c2ccc(OC)cc2)cs1. The van der Waals surface area contributed by atoms with Crippen LogP contribution >= 0.6 is 11.3 Å². The summed E-state index contributed by atoms with van der Waals surface area (Å²) in [4.78, 5) is 18.1. The molecule has 0 atom stereocenters. The van der Waals surface area contributed by atoms with Gasteiger partial charge in [0.05, 0.1) is 18.5 Å². The summed E-state index contributed by atoms with van der Waals surface area (Å²) < 4.78 is 46.7. The third-order valence-electron chi connectivity index (χ3n) is 3.77. The minimum Gasteiger partial charge on any atom is -0.497 e. The first kappa shape index (κ1) is 20.4. The van der Waals surface area contributed by atoms with Crippen LogP contribution in [-0.2, 0) is 4.79 Å². The number of ether oxygens (including phenoxy) is 2. The molecule has 2 aromatic carbocycles. The molecule has 0 bridgehead atoms. The lowest BCUT2D eigenvalue weighted by atomic mass is 10.2. The highest BCUT2D eigenvalue weighted by Gasteiger charge is 2.31. The van der Waals surface area contributed by atoms with Crippen molar-refractivity contribution in [2.24, 2.45) is 0 Å². The number of alkyl halides is 3. The van der Waals surface area contributed by atoms with Crippen molar-refractivity contribution in [1.29, 1.82) is 0 Å². The van der Waals surface area contributed by atoms with E-state index in [1.807, 2.05) is 12.1 Å². The third kappa shape index (κ3) is 4.94. The molecule has 0 saturated heterocycles. The van der Waals surface area contributed by atoms with Crippen LogP contribution < -0.4 is 14.4 Å². The zero-order valence-corrected chi connectivity index (χ0v) is 16.0. The summed E-state index contributed by atoms with van der Waals surface area (Å²) in [5, 5.41) is 2.03. The highest BCUT2D eigenvalue weighted by molar-refractivity contribution is 7.14. The van der Waals surface area contributed by atoms with E-state index >= 15 is 0 Å². The minimum atomic E-state index is -4.84. The molecule has 0 unspecified atom stereocenters. The van der Waals surface area contributed by atoms with E-state index in [0.29, 0.717) is 11.4 Å². The monoisotopic (exact) mass is 420 g/mol. The van der Waals surface area contributed by atoms with Gasteiger partial charge in [0.2, 0.25) is 0 Å². The number of halogens is 3. The average Bonchev–Trinajstić information content (AvgIpc) is 3.16. The molecule has 5 nitrogen and oxygen atoms in total. The number of rotatable bonds is 6. The lowest BCUT2D eigenvalue weighted by molar-refractivity contribution is -0.274. The molecule has 0 N–H and O–H groups in total. The summed E-state index contributed by atoms with van der Waals surface area (Å²) in [5.41, 5.74) is 1.58. The van der Waals surface area contributed by atoms with Gasteiger partial charge in [0, 0.05) is 17.0 Å². The van der Waals surface area contributed by atoms with Gasteiger partial charge in [0.1, 0.15) is 11.5 Å². The van der Waals surface area contributed by atoms with Crippen LogP contribution in [0, 0.1) is 0 Å². The minimum absolute atomic E-state index is 0.173. The molecule has 3 aromatic rings. The summed E-state index contributed by atoms with van der Waals surface area (Å²) in [6.07, 6.45) is -3.78. The fraction of sp³-hybridized carbons (Fsp3) is 0.100. The molecule has 0 fully saturated rings. The fourth-order valence-corrected chi connectivity index (χ4v) is 3.36. The molecule has 0 aliphatic heterocycles. The maximum atomic E-state index is 12.5. The van der Waals surface area contributed by atoms with Gasteiger partial charge in [0.25, 0.3) is 5.91 Å². The number of amides is 1. The van der Waals surface area contributed by atoms with Gasteiger partial charge in [-0.25, -0.2) is 4.98 Å². The molecule has 0 saturated carbocycles. The van der Waals surface area contributed by atoms with E-state index in [2.05, 4.69) is 16.3 Å². The summed E-state index contributed by atoms with van der Waals surface area (Å²) in [5.74, 6) is -0.289. The molecule has 9 heteroatoms. The number of thiazole rings is 1. The van der Waals surface area contributed by atoms with Crippen LogP contribution in [0.2, 0.25) is 0 Å². The van der Waals surface area contributed by atoms with Crippen molar-refractivity contribution in [1.82, 2.24) is 4.98 Å². The van der Waals surface area contributed by atoms with Gasteiger partial charge in [-0.05, 0) is 42.5 Å². The lowest BCUT2D eigenvalue weighted by Gasteiger charge is -2.19. The zero-order chi connectivity index (χ0) is 21.0. The molecule has 0 radical (unpaired) electrons. The Kier molecular flexibility index (Phi) is 5.88. The number of hydrogen-bond acceptors (Lipinski definition) is 5. The molecule has 150 valence electrons. The number of hydrogen-bond donors (Lipinski definition) is 0. The van der Waals surface area contributed by atoms with E-state index in [9.17, 15) is 18.0 Å². The highest BCUT2D eigenvalue weighted by Crippen LogP contribution is 2.35. The van der Waals surface area contributed by atoms with Crippen molar-refractivity contribution in [3.8, 4) is 22.8 Å². The first-order valence-corrected chi connectivity index (χ1v) is 9.11. The predicted molar refractivity (Wildman–Crippen MR) is 105 cm³/mol. The van der Waals surface area contributed by atoms with Crippen molar-refractivity contribution in [3.05, 3.63) is 66.6 Å². The van der Waals surface area contributed by atoms with Gasteiger partial charge in [-0.1, -0.05) is 12.6 Å². The van der Waals surface area contributed by atoms with Gasteiger partial charge in [-0.3, -0.25) is 9.69 Å². The normalized spacial score (nSPS) is 11.0. The molecule has 0 spiro atoms. The van der Waals surface area contributed by atoms with Crippen LogP contribution in [-0.4, -0.2) is 24.4 Å². The van der Waals surface area contributed by atoms with Gasteiger partial charge in [-0.15, -0.1) is 24.5 Å². The van der Waals surface area contributed by atoms with Gasteiger partial charge in [0.15, 0.2) is 5.13 Å². The van der Waals surface area contributed by atoms with Crippen LogP contribution in [0.5, 0.6) is 11.5 Å². The number of carbonyl (C=O) groups is 1. The summed E-state index contributed by atoms with van der Waals surface area (Å²) in [6.45, 7) is 3.46. The number of benzene rings is 2. The molecule has 0 aliphatic rings. The van der Waals surface area contributed by atoms with E-state index in [0.717, 1.165) is 23.8 Å². The van der Waals surface area contributed by atoms with E-state index < -0.39 is 18.0 Å². The van der Waals surface area contributed by atoms with E-state index in [1.54, 1.807) is 24.6 Å². The van der Waals surface area contributed by atoms with Crippen LogP contribution in [0.25, 0.3) is 11.3 Å². The van der Waals surface area contributed by atoms with Gasteiger partial charge >= 0.3 is 6.36 Å². The summed E-state index contributed by atoms with van der Waals surface area (Å²) in [7, 11) is 1.56. The second-order valence-corrected chi connectivity index (χ2v) is 6.50. The van der Waals surface area contributed by atoms with Crippen LogP contribution in [0.1, 0.15) is 0 Å². The Bertz CT molecular complexity index is 1020. The van der Waals surface area contributed by atoms with Crippen molar-refractivity contribution in [2.75, 3.05) is 12.0 Å². The third-order valence-corrected chi connectivity index (χ3v) is 4.60. The Balaban J connectivity index is 1.96. The Morgan fingerprint density at radius 2 is 1.90 bits per heavy atom. The molecule has 1 heterocycles. The second-order valence-electron chi connectivity index (χ2n) is 5.67. The summed E-state index contributed by atoms with van der Waals surface area (Å²) in [6, 6.07) is 12.3. The van der Waals surface area contributed by atoms with Gasteiger partial charge < -0.3 is 9.47 Å². The quantitative estimate of drug-likeness (QED) is 0.490. The Labute approximate surface area is 168 Å². The molecule has 1 amide bonds. The maximum Gasteiger partial charge on any atom is 0.573 e. The largest absolute Gasteiger partial charge is 0.573 e. The van der Waals surface area contributed by atoms with Crippen LogP contribution in [0.3, 0.4) is 0 Å². The van der Waals surface area contributed by atoms with Crippen molar-refractivity contribution in [3.63, 3.8) is 0 Å².